The second-order valence-corrected chi connectivity index (χ2v) is 5.37. The van der Waals surface area contributed by atoms with Crippen LogP contribution in [-0.4, -0.2) is 12.0 Å². The van der Waals surface area contributed by atoms with Crippen LogP contribution < -0.4 is 5.32 Å². The minimum Gasteiger partial charge on any atom is -0.388 e. The molecule has 0 bridgehead atoms. The summed E-state index contributed by atoms with van der Waals surface area (Å²) in [5.74, 6) is -0.330. The molecular formula is C16H12BrFN2. The second-order valence-electron chi connectivity index (χ2n) is 4.45. The van der Waals surface area contributed by atoms with Crippen molar-refractivity contribution in [2.75, 3.05) is 12.4 Å². The van der Waals surface area contributed by atoms with Gasteiger partial charge < -0.3 is 5.32 Å². The highest BCUT2D eigenvalue weighted by Gasteiger charge is 2.11. The summed E-state index contributed by atoms with van der Waals surface area (Å²) in [5, 5.41) is 3.87. The number of pyridine rings is 1. The lowest BCUT2D eigenvalue weighted by atomic mass is 10.1. The van der Waals surface area contributed by atoms with Crippen LogP contribution in [0.15, 0.2) is 53.0 Å². The third-order valence-electron chi connectivity index (χ3n) is 3.17. The molecule has 3 rings (SSSR count). The third kappa shape index (κ3) is 2.27. The first-order chi connectivity index (χ1) is 9.69. The Kier molecular flexibility index (Phi) is 3.40. The molecular weight excluding hydrogens is 319 g/mol. The van der Waals surface area contributed by atoms with Crippen LogP contribution in [0.25, 0.3) is 22.2 Å². The van der Waals surface area contributed by atoms with Gasteiger partial charge in [-0.05, 0) is 18.2 Å². The highest BCUT2D eigenvalue weighted by Crippen LogP contribution is 2.31. The van der Waals surface area contributed by atoms with E-state index in [-0.39, 0.29) is 5.82 Å². The van der Waals surface area contributed by atoms with Crippen LogP contribution in [0, 0.1) is 5.82 Å². The molecule has 0 atom stereocenters. The predicted octanol–water partition coefficient (Wildman–Crippen LogP) is 4.85. The molecule has 100 valence electrons. The Morgan fingerprint density at radius 1 is 1.10 bits per heavy atom. The van der Waals surface area contributed by atoms with Crippen molar-refractivity contribution < 1.29 is 4.39 Å². The zero-order valence-corrected chi connectivity index (χ0v) is 12.4. The Balaban J connectivity index is 2.32. The van der Waals surface area contributed by atoms with Crippen LogP contribution in [0.4, 0.5) is 10.1 Å². The average Bonchev–Trinajstić information content (AvgIpc) is 2.47. The van der Waals surface area contributed by atoms with Crippen molar-refractivity contribution in [1.82, 2.24) is 4.98 Å². The van der Waals surface area contributed by atoms with E-state index in [0.717, 1.165) is 22.3 Å². The standard InChI is InChI=1S/C16H12BrFN2/c1-19-15-9-14(10-5-3-2-4-6-10)20-16-12(15)7-11(17)8-13(16)18/h2-9H,1H3,(H,19,20). The number of hydrogen-bond donors (Lipinski definition) is 1. The van der Waals surface area contributed by atoms with E-state index in [1.165, 1.54) is 6.07 Å². The predicted molar refractivity (Wildman–Crippen MR) is 84.4 cm³/mol. The smallest absolute Gasteiger partial charge is 0.150 e. The maximum absolute atomic E-state index is 14.1. The number of halogens is 2. The molecule has 1 N–H and O–H groups in total. The Labute approximate surface area is 124 Å². The maximum atomic E-state index is 14.1. The van der Waals surface area contributed by atoms with Gasteiger partial charge in [0.1, 0.15) is 5.52 Å². The summed E-state index contributed by atoms with van der Waals surface area (Å²) in [6.07, 6.45) is 0. The van der Waals surface area contributed by atoms with Gasteiger partial charge in [0, 0.05) is 28.2 Å². The number of nitrogens with zero attached hydrogens (tertiary/aromatic N) is 1. The van der Waals surface area contributed by atoms with Crippen LogP contribution >= 0.6 is 15.9 Å². The summed E-state index contributed by atoms with van der Waals surface area (Å²) < 4.78 is 14.8. The Morgan fingerprint density at radius 3 is 2.55 bits per heavy atom. The third-order valence-corrected chi connectivity index (χ3v) is 3.63. The van der Waals surface area contributed by atoms with Crippen molar-refractivity contribution >= 4 is 32.5 Å². The first-order valence-corrected chi connectivity index (χ1v) is 7.01. The molecule has 0 radical (unpaired) electrons. The van der Waals surface area contributed by atoms with Gasteiger partial charge in [-0.25, -0.2) is 9.37 Å². The first-order valence-electron chi connectivity index (χ1n) is 6.22. The first kappa shape index (κ1) is 13.1. The summed E-state index contributed by atoms with van der Waals surface area (Å²) in [6.45, 7) is 0. The number of rotatable bonds is 2. The molecule has 3 aromatic rings. The topological polar surface area (TPSA) is 24.9 Å². The van der Waals surface area contributed by atoms with Gasteiger partial charge in [0.25, 0.3) is 0 Å². The molecule has 0 saturated carbocycles. The summed E-state index contributed by atoms with van der Waals surface area (Å²) in [4.78, 5) is 4.46. The lowest BCUT2D eigenvalue weighted by Crippen LogP contribution is -1.96. The molecule has 0 amide bonds. The molecule has 0 fully saturated rings. The summed E-state index contributed by atoms with van der Waals surface area (Å²) in [7, 11) is 1.82. The van der Waals surface area contributed by atoms with E-state index < -0.39 is 0 Å². The van der Waals surface area contributed by atoms with E-state index in [1.54, 1.807) is 0 Å². The van der Waals surface area contributed by atoms with Crippen LogP contribution in [0.1, 0.15) is 0 Å². The molecule has 0 saturated heterocycles. The van der Waals surface area contributed by atoms with E-state index in [9.17, 15) is 4.39 Å². The molecule has 2 aromatic carbocycles. The molecule has 0 unspecified atom stereocenters. The summed E-state index contributed by atoms with van der Waals surface area (Å²) in [6, 6.07) is 15.0. The summed E-state index contributed by atoms with van der Waals surface area (Å²) >= 11 is 3.31. The maximum Gasteiger partial charge on any atom is 0.150 e. The number of nitrogens with one attached hydrogen (secondary N) is 1. The Morgan fingerprint density at radius 2 is 1.85 bits per heavy atom. The largest absolute Gasteiger partial charge is 0.388 e. The average molecular weight is 331 g/mol. The lowest BCUT2D eigenvalue weighted by Gasteiger charge is -2.10. The molecule has 4 heteroatoms. The fourth-order valence-electron chi connectivity index (χ4n) is 2.22. The van der Waals surface area contributed by atoms with E-state index in [1.807, 2.05) is 49.5 Å². The van der Waals surface area contributed by atoms with Crippen LogP contribution in [0.3, 0.4) is 0 Å². The highest BCUT2D eigenvalue weighted by atomic mass is 79.9. The number of anilines is 1. The molecule has 1 heterocycles. The van der Waals surface area contributed by atoms with Crippen LogP contribution in [-0.2, 0) is 0 Å². The zero-order valence-electron chi connectivity index (χ0n) is 10.8. The van der Waals surface area contributed by atoms with Gasteiger partial charge in [0.15, 0.2) is 5.82 Å². The van der Waals surface area contributed by atoms with Gasteiger partial charge in [-0.15, -0.1) is 0 Å². The number of aromatic nitrogens is 1. The van der Waals surface area contributed by atoms with Gasteiger partial charge in [0.2, 0.25) is 0 Å². The monoisotopic (exact) mass is 330 g/mol. The Hall–Kier alpha value is -1.94. The van der Waals surface area contributed by atoms with Crippen LogP contribution in [0.5, 0.6) is 0 Å². The lowest BCUT2D eigenvalue weighted by molar-refractivity contribution is 0.636. The quantitative estimate of drug-likeness (QED) is 0.726. The van der Waals surface area contributed by atoms with Gasteiger partial charge >= 0.3 is 0 Å². The molecule has 2 nitrogen and oxygen atoms in total. The minimum absolute atomic E-state index is 0.330. The van der Waals surface area contributed by atoms with Crippen molar-refractivity contribution in [3.8, 4) is 11.3 Å². The van der Waals surface area contributed by atoms with Gasteiger partial charge in [-0.2, -0.15) is 0 Å². The van der Waals surface area contributed by atoms with Crippen molar-refractivity contribution in [2.24, 2.45) is 0 Å². The van der Waals surface area contributed by atoms with Crippen molar-refractivity contribution in [3.05, 3.63) is 58.8 Å². The number of hydrogen-bond acceptors (Lipinski definition) is 2. The fourth-order valence-corrected chi connectivity index (χ4v) is 2.65. The van der Waals surface area contributed by atoms with Crippen LogP contribution in [0.2, 0.25) is 0 Å². The molecule has 0 aliphatic rings. The zero-order chi connectivity index (χ0) is 14.1. The minimum atomic E-state index is -0.330. The van der Waals surface area contributed by atoms with Gasteiger partial charge in [-0.3, -0.25) is 0 Å². The van der Waals surface area contributed by atoms with E-state index in [2.05, 4.69) is 26.2 Å². The Bertz CT molecular complexity index is 772. The van der Waals surface area contributed by atoms with E-state index >= 15 is 0 Å². The van der Waals surface area contributed by atoms with E-state index in [4.69, 9.17) is 0 Å². The van der Waals surface area contributed by atoms with Crippen molar-refractivity contribution in [2.45, 2.75) is 0 Å². The number of benzene rings is 2. The van der Waals surface area contributed by atoms with Crippen molar-refractivity contribution in [3.63, 3.8) is 0 Å². The second kappa shape index (κ2) is 5.21. The fraction of sp³-hybridized carbons (Fsp3) is 0.0625. The SMILES string of the molecule is CNc1cc(-c2ccccc2)nc2c(F)cc(Br)cc12. The number of fused-ring (bicyclic) bond motifs is 1. The molecule has 0 aliphatic heterocycles. The molecule has 0 aliphatic carbocycles. The van der Waals surface area contributed by atoms with Crippen molar-refractivity contribution in [1.29, 1.82) is 0 Å². The molecule has 1 aromatic heterocycles. The normalized spacial score (nSPS) is 10.8. The molecule has 0 spiro atoms. The van der Waals surface area contributed by atoms with Gasteiger partial charge in [-0.1, -0.05) is 46.3 Å². The van der Waals surface area contributed by atoms with Gasteiger partial charge in [0.05, 0.1) is 5.69 Å². The van der Waals surface area contributed by atoms with E-state index in [0.29, 0.717) is 9.99 Å². The molecule has 20 heavy (non-hydrogen) atoms. The highest BCUT2D eigenvalue weighted by molar-refractivity contribution is 9.10. The summed E-state index contributed by atoms with van der Waals surface area (Å²) in [5.41, 5.74) is 2.95.